The van der Waals surface area contributed by atoms with Gasteiger partial charge in [-0.15, -0.1) is 0 Å². The molecular weight excluding hydrogens is 224 g/mol. The SMILES string of the molecule is O=C(O)c1cscc1-c1cc(Cl)co1. The first kappa shape index (κ1) is 9.30. The molecule has 2 rings (SSSR count). The van der Waals surface area contributed by atoms with E-state index in [9.17, 15) is 4.79 Å². The van der Waals surface area contributed by atoms with E-state index in [1.54, 1.807) is 16.8 Å². The molecule has 0 aliphatic carbocycles. The molecule has 0 atom stereocenters. The van der Waals surface area contributed by atoms with Crippen molar-refractivity contribution in [1.29, 1.82) is 0 Å². The van der Waals surface area contributed by atoms with Gasteiger partial charge in [0.25, 0.3) is 0 Å². The first-order chi connectivity index (χ1) is 6.68. The standard InChI is InChI=1S/C9H5ClO3S/c10-5-1-8(13-2-5)6-3-14-4-7(6)9(11)12/h1-4H,(H,11,12). The van der Waals surface area contributed by atoms with Gasteiger partial charge >= 0.3 is 5.97 Å². The van der Waals surface area contributed by atoms with Gasteiger partial charge in [0.2, 0.25) is 0 Å². The van der Waals surface area contributed by atoms with Crippen molar-refractivity contribution in [2.45, 2.75) is 0 Å². The zero-order valence-corrected chi connectivity index (χ0v) is 8.43. The molecule has 0 aliphatic rings. The van der Waals surface area contributed by atoms with Crippen LogP contribution in [0.15, 0.2) is 27.5 Å². The Kier molecular flexibility index (Phi) is 2.31. The Balaban J connectivity index is 2.51. The van der Waals surface area contributed by atoms with Gasteiger partial charge in [-0.3, -0.25) is 0 Å². The fraction of sp³-hybridized carbons (Fsp3) is 0. The normalized spacial score (nSPS) is 10.4. The quantitative estimate of drug-likeness (QED) is 0.858. The van der Waals surface area contributed by atoms with Crippen molar-refractivity contribution >= 4 is 28.9 Å². The average molecular weight is 229 g/mol. The number of halogens is 1. The summed E-state index contributed by atoms with van der Waals surface area (Å²) in [5.74, 6) is -0.484. The van der Waals surface area contributed by atoms with Crippen LogP contribution >= 0.6 is 22.9 Å². The maximum atomic E-state index is 10.8. The van der Waals surface area contributed by atoms with E-state index in [0.29, 0.717) is 16.3 Å². The van der Waals surface area contributed by atoms with E-state index < -0.39 is 5.97 Å². The third-order valence-electron chi connectivity index (χ3n) is 1.73. The molecule has 0 saturated heterocycles. The summed E-state index contributed by atoms with van der Waals surface area (Å²) in [5, 5.41) is 12.6. The molecule has 0 saturated carbocycles. The van der Waals surface area contributed by atoms with E-state index in [1.165, 1.54) is 17.6 Å². The Labute approximate surface area is 88.5 Å². The van der Waals surface area contributed by atoms with Gasteiger partial charge in [0.05, 0.1) is 10.6 Å². The van der Waals surface area contributed by atoms with Gasteiger partial charge in [-0.25, -0.2) is 4.79 Å². The van der Waals surface area contributed by atoms with Gasteiger partial charge in [0.15, 0.2) is 0 Å². The van der Waals surface area contributed by atoms with Crippen LogP contribution in [0.3, 0.4) is 0 Å². The van der Waals surface area contributed by atoms with E-state index in [4.69, 9.17) is 21.1 Å². The van der Waals surface area contributed by atoms with Crippen molar-refractivity contribution in [1.82, 2.24) is 0 Å². The van der Waals surface area contributed by atoms with Crippen LogP contribution in [0.2, 0.25) is 5.02 Å². The maximum Gasteiger partial charge on any atom is 0.337 e. The van der Waals surface area contributed by atoms with Crippen LogP contribution in [0, 0.1) is 0 Å². The second kappa shape index (κ2) is 3.48. The van der Waals surface area contributed by atoms with Crippen LogP contribution < -0.4 is 0 Å². The predicted molar refractivity (Wildman–Crippen MR) is 54.0 cm³/mol. The summed E-state index contributed by atoms with van der Waals surface area (Å²) >= 11 is 6.99. The molecule has 5 heteroatoms. The van der Waals surface area contributed by atoms with Crippen LogP contribution in [0.4, 0.5) is 0 Å². The zero-order chi connectivity index (χ0) is 10.1. The minimum absolute atomic E-state index is 0.237. The number of hydrogen-bond donors (Lipinski definition) is 1. The maximum absolute atomic E-state index is 10.8. The number of thiophene rings is 1. The first-order valence-electron chi connectivity index (χ1n) is 3.72. The molecule has 2 aromatic heterocycles. The summed E-state index contributed by atoms with van der Waals surface area (Å²) in [7, 11) is 0. The average Bonchev–Trinajstić information content (AvgIpc) is 2.70. The van der Waals surface area contributed by atoms with Crippen LogP contribution in [0.1, 0.15) is 10.4 Å². The second-order valence-electron chi connectivity index (χ2n) is 2.63. The molecule has 0 aliphatic heterocycles. The summed E-state index contributed by atoms with van der Waals surface area (Å²) in [5.41, 5.74) is 0.801. The Morgan fingerprint density at radius 2 is 2.29 bits per heavy atom. The highest BCUT2D eigenvalue weighted by Gasteiger charge is 2.15. The number of furan rings is 1. The third kappa shape index (κ3) is 1.54. The Morgan fingerprint density at radius 3 is 2.86 bits per heavy atom. The lowest BCUT2D eigenvalue weighted by Gasteiger charge is -1.93. The summed E-state index contributed by atoms with van der Waals surface area (Å²) in [6.07, 6.45) is 1.38. The molecule has 0 aromatic carbocycles. The monoisotopic (exact) mass is 228 g/mol. The largest absolute Gasteiger partial charge is 0.478 e. The highest BCUT2D eigenvalue weighted by molar-refractivity contribution is 7.08. The third-order valence-corrected chi connectivity index (χ3v) is 2.67. The highest BCUT2D eigenvalue weighted by atomic mass is 35.5. The zero-order valence-electron chi connectivity index (χ0n) is 6.86. The van der Waals surface area contributed by atoms with E-state index in [1.807, 2.05) is 0 Å². The van der Waals surface area contributed by atoms with Crippen LogP contribution in [0.5, 0.6) is 0 Å². The van der Waals surface area contributed by atoms with Crippen LogP contribution in [-0.2, 0) is 0 Å². The summed E-state index contributed by atoms with van der Waals surface area (Å²) in [6.45, 7) is 0. The van der Waals surface area contributed by atoms with Gasteiger partial charge in [0, 0.05) is 22.4 Å². The smallest absolute Gasteiger partial charge is 0.337 e. The highest BCUT2D eigenvalue weighted by Crippen LogP contribution is 2.30. The minimum atomic E-state index is -0.964. The molecule has 0 fully saturated rings. The topological polar surface area (TPSA) is 50.4 Å². The van der Waals surface area contributed by atoms with E-state index >= 15 is 0 Å². The van der Waals surface area contributed by atoms with E-state index in [0.717, 1.165) is 0 Å². The van der Waals surface area contributed by atoms with Crippen molar-refractivity contribution < 1.29 is 14.3 Å². The van der Waals surface area contributed by atoms with Crippen molar-refractivity contribution in [3.05, 3.63) is 33.7 Å². The number of carboxylic acid groups (broad SMARTS) is 1. The molecule has 2 aromatic rings. The molecule has 0 unspecified atom stereocenters. The lowest BCUT2D eigenvalue weighted by Crippen LogP contribution is -1.94. The molecular formula is C9H5ClO3S. The predicted octanol–water partition coefficient (Wildman–Crippen LogP) is 3.36. The molecule has 14 heavy (non-hydrogen) atoms. The fourth-order valence-electron chi connectivity index (χ4n) is 1.11. The molecule has 0 bridgehead atoms. The van der Waals surface area contributed by atoms with Gasteiger partial charge in [0.1, 0.15) is 12.0 Å². The summed E-state index contributed by atoms with van der Waals surface area (Å²) < 4.78 is 5.11. The van der Waals surface area contributed by atoms with Gasteiger partial charge < -0.3 is 9.52 Å². The van der Waals surface area contributed by atoms with Crippen molar-refractivity contribution in [2.75, 3.05) is 0 Å². The summed E-state index contributed by atoms with van der Waals surface area (Å²) in [4.78, 5) is 10.8. The molecule has 72 valence electrons. The second-order valence-corrected chi connectivity index (χ2v) is 3.81. The number of carbonyl (C=O) groups is 1. The van der Waals surface area contributed by atoms with Crippen molar-refractivity contribution in [2.24, 2.45) is 0 Å². The molecule has 1 N–H and O–H groups in total. The Bertz CT molecular complexity index is 472. The van der Waals surface area contributed by atoms with Gasteiger partial charge in [-0.05, 0) is 0 Å². The molecule has 0 spiro atoms. The fourth-order valence-corrected chi connectivity index (χ4v) is 2.06. The molecule has 0 radical (unpaired) electrons. The van der Waals surface area contributed by atoms with Crippen LogP contribution in [0.25, 0.3) is 11.3 Å². The molecule has 3 nitrogen and oxygen atoms in total. The van der Waals surface area contributed by atoms with Crippen molar-refractivity contribution in [3.8, 4) is 11.3 Å². The number of aromatic carboxylic acids is 1. The van der Waals surface area contributed by atoms with E-state index in [2.05, 4.69) is 0 Å². The van der Waals surface area contributed by atoms with Crippen LogP contribution in [-0.4, -0.2) is 11.1 Å². The minimum Gasteiger partial charge on any atom is -0.478 e. The van der Waals surface area contributed by atoms with Crippen molar-refractivity contribution in [3.63, 3.8) is 0 Å². The number of rotatable bonds is 2. The lowest BCUT2D eigenvalue weighted by atomic mass is 10.1. The molecule has 0 amide bonds. The molecule has 2 heterocycles. The van der Waals surface area contributed by atoms with E-state index in [-0.39, 0.29) is 5.56 Å². The number of hydrogen-bond acceptors (Lipinski definition) is 3. The lowest BCUT2D eigenvalue weighted by molar-refractivity contribution is 0.0698. The Morgan fingerprint density at radius 1 is 1.50 bits per heavy atom. The van der Waals surface area contributed by atoms with Gasteiger partial charge in [-0.2, -0.15) is 11.3 Å². The summed E-state index contributed by atoms with van der Waals surface area (Å²) in [6, 6.07) is 1.59. The van der Waals surface area contributed by atoms with Gasteiger partial charge in [-0.1, -0.05) is 11.6 Å². The Hall–Kier alpha value is -1.26. The number of carboxylic acids is 1. The first-order valence-corrected chi connectivity index (χ1v) is 5.04.